The quantitative estimate of drug-likeness (QED) is 0.442. The second-order valence-corrected chi connectivity index (χ2v) is 3.71. The molecule has 0 aliphatic rings. The Kier molecular flexibility index (Phi) is 6.60. The number of amides is 2. The minimum Gasteiger partial charge on any atom is -0.493 e. The first-order valence-electron chi connectivity index (χ1n) is 6.09. The van der Waals surface area contributed by atoms with Gasteiger partial charge in [-0.05, 0) is 36.8 Å². The van der Waals surface area contributed by atoms with Crippen molar-refractivity contribution in [3.63, 3.8) is 0 Å². The van der Waals surface area contributed by atoms with Crippen molar-refractivity contribution in [3.05, 3.63) is 29.8 Å². The van der Waals surface area contributed by atoms with Crippen LogP contribution in [0.15, 0.2) is 29.4 Å². The summed E-state index contributed by atoms with van der Waals surface area (Å²) in [5, 5.41) is 3.63. The second kappa shape index (κ2) is 8.52. The highest BCUT2D eigenvalue weighted by molar-refractivity contribution is 5.81. The maximum Gasteiger partial charge on any atom is 0.332 e. The molecule has 0 spiro atoms. The summed E-state index contributed by atoms with van der Waals surface area (Å²) in [6, 6.07) is 6.26. The minimum absolute atomic E-state index is 0.208. The van der Waals surface area contributed by atoms with E-state index in [1.807, 2.05) is 0 Å². The number of rotatable bonds is 7. The number of urea groups is 1. The highest BCUT2D eigenvalue weighted by atomic mass is 16.5. The van der Waals surface area contributed by atoms with Gasteiger partial charge in [-0.1, -0.05) is 0 Å². The number of nitrogens with two attached hydrogens (primary N) is 1. The van der Waals surface area contributed by atoms with E-state index < -0.39 is 6.03 Å². The fourth-order valence-electron chi connectivity index (χ4n) is 1.31. The molecule has 0 atom stereocenters. The van der Waals surface area contributed by atoms with Crippen LogP contribution in [-0.4, -0.2) is 31.4 Å². The lowest BCUT2D eigenvalue weighted by Gasteiger charge is -2.06. The molecule has 3 N–H and O–H groups in total. The van der Waals surface area contributed by atoms with E-state index in [9.17, 15) is 9.59 Å². The standard InChI is InChI=1S/C13H17N3O4/c1-2-19-12(17)7-8-20-11-5-3-10(4-6-11)9-15-16-13(14)18/h3-6,9H,2,7-8H2,1H3,(H3,14,16,18). The molecule has 0 aliphatic heterocycles. The molecule has 1 aromatic carbocycles. The van der Waals surface area contributed by atoms with Gasteiger partial charge in [-0.2, -0.15) is 5.10 Å². The van der Waals surface area contributed by atoms with E-state index in [1.165, 1.54) is 6.21 Å². The van der Waals surface area contributed by atoms with Gasteiger partial charge in [-0.15, -0.1) is 0 Å². The van der Waals surface area contributed by atoms with E-state index in [0.29, 0.717) is 12.4 Å². The third kappa shape index (κ3) is 6.39. The van der Waals surface area contributed by atoms with Gasteiger partial charge in [0.25, 0.3) is 0 Å². The summed E-state index contributed by atoms with van der Waals surface area (Å²) in [6.45, 7) is 2.38. The zero-order valence-corrected chi connectivity index (χ0v) is 11.2. The highest BCUT2D eigenvalue weighted by Crippen LogP contribution is 2.11. The van der Waals surface area contributed by atoms with Gasteiger partial charge in [0.2, 0.25) is 0 Å². The number of nitrogens with zero attached hydrogens (tertiary/aromatic N) is 1. The molecule has 20 heavy (non-hydrogen) atoms. The number of benzene rings is 1. The number of hydrogen-bond acceptors (Lipinski definition) is 5. The number of hydrazone groups is 1. The fourth-order valence-corrected chi connectivity index (χ4v) is 1.31. The SMILES string of the molecule is CCOC(=O)CCOc1ccc(C=NNC(N)=O)cc1. The maximum absolute atomic E-state index is 11.1. The average Bonchev–Trinajstić information content (AvgIpc) is 2.40. The number of ether oxygens (including phenoxy) is 2. The third-order valence-electron chi connectivity index (χ3n) is 2.15. The third-order valence-corrected chi connectivity index (χ3v) is 2.15. The van der Waals surface area contributed by atoms with E-state index in [-0.39, 0.29) is 19.0 Å². The van der Waals surface area contributed by atoms with E-state index in [2.05, 4.69) is 10.5 Å². The summed E-state index contributed by atoms with van der Waals surface area (Å²) in [5.74, 6) is 0.350. The van der Waals surface area contributed by atoms with Gasteiger partial charge in [0, 0.05) is 0 Å². The molecule has 1 aromatic rings. The van der Waals surface area contributed by atoms with Crippen LogP contribution in [0.4, 0.5) is 4.79 Å². The van der Waals surface area contributed by atoms with Gasteiger partial charge in [-0.25, -0.2) is 10.2 Å². The molecule has 0 aliphatic carbocycles. The van der Waals surface area contributed by atoms with E-state index >= 15 is 0 Å². The molecule has 0 aromatic heterocycles. The molecule has 108 valence electrons. The van der Waals surface area contributed by atoms with E-state index in [1.54, 1.807) is 31.2 Å². The summed E-state index contributed by atoms with van der Waals surface area (Å²) in [4.78, 5) is 21.5. The number of hydrogen-bond donors (Lipinski definition) is 2. The maximum atomic E-state index is 11.1. The van der Waals surface area contributed by atoms with Crippen LogP contribution in [0.1, 0.15) is 18.9 Å². The largest absolute Gasteiger partial charge is 0.493 e. The lowest BCUT2D eigenvalue weighted by molar-refractivity contribution is -0.143. The Balaban J connectivity index is 2.37. The van der Waals surface area contributed by atoms with Crippen LogP contribution in [0.5, 0.6) is 5.75 Å². The normalized spacial score (nSPS) is 10.2. The van der Waals surface area contributed by atoms with Crippen LogP contribution in [-0.2, 0) is 9.53 Å². The van der Waals surface area contributed by atoms with Crippen molar-refractivity contribution in [2.75, 3.05) is 13.2 Å². The lowest BCUT2D eigenvalue weighted by atomic mass is 10.2. The minimum atomic E-state index is -0.722. The van der Waals surface area contributed by atoms with Gasteiger partial charge in [0.1, 0.15) is 5.75 Å². The smallest absolute Gasteiger partial charge is 0.332 e. The summed E-state index contributed by atoms with van der Waals surface area (Å²) in [7, 11) is 0. The summed E-state index contributed by atoms with van der Waals surface area (Å²) in [5.41, 5.74) is 7.73. The number of esters is 1. The molecular weight excluding hydrogens is 262 g/mol. The Hall–Kier alpha value is -2.57. The molecule has 7 nitrogen and oxygen atoms in total. The molecule has 0 fully saturated rings. The first-order chi connectivity index (χ1) is 9.61. The fraction of sp³-hybridized carbons (Fsp3) is 0.308. The number of nitrogens with one attached hydrogen (secondary N) is 1. The topological polar surface area (TPSA) is 103 Å². The van der Waals surface area contributed by atoms with E-state index in [0.717, 1.165) is 5.56 Å². The van der Waals surface area contributed by atoms with Crippen molar-refractivity contribution in [2.24, 2.45) is 10.8 Å². The predicted octanol–water partition coefficient (Wildman–Crippen LogP) is 1.02. The summed E-state index contributed by atoms with van der Waals surface area (Å²) < 4.78 is 10.2. The monoisotopic (exact) mass is 279 g/mol. The van der Waals surface area contributed by atoms with Crippen molar-refractivity contribution in [3.8, 4) is 5.75 Å². The number of carbonyl (C=O) groups excluding carboxylic acids is 2. The van der Waals surface area contributed by atoms with Crippen molar-refractivity contribution in [2.45, 2.75) is 13.3 Å². The Morgan fingerprint density at radius 3 is 2.65 bits per heavy atom. The first kappa shape index (κ1) is 15.5. The van der Waals surface area contributed by atoms with Crippen LogP contribution >= 0.6 is 0 Å². The molecule has 0 unspecified atom stereocenters. The number of carbonyl (C=O) groups is 2. The van der Waals surface area contributed by atoms with Crippen LogP contribution in [0.3, 0.4) is 0 Å². The van der Waals surface area contributed by atoms with Crippen LogP contribution in [0, 0.1) is 0 Å². The molecule has 0 heterocycles. The summed E-state index contributed by atoms with van der Waals surface area (Å²) in [6.07, 6.45) is 1.66. The van der Waals surface area contributed by atoms with Crippen molar-refractivity contribution in [1.82, 2.24) is 5.43 Å². The Morgan fingerprint density at radius 2 is 2.05 bits per heavy atom. The lowest BCUT2D eigenvalue weighted by Crippen LogP contribution is -2.24. The number of primary amides is 1. The van der Waals surface area contributed by atoms with Crippen molar-refractivity contribution < 1.29 is 19.1 Å². The van der Waals surface area contributed by atoms with Gasteiger partial charge in [0.15, 0.2) is 0 Å². The molecule has 0 radical (unpaired) electrons. The molecule has 7 heteroatoms. The van der Waals surface area contributed by atoms with Gasteiger partial charge < -0.3 is 15.2 Å². The predicted molar refractivity (Wildman–Crippen MR) is 73.5 cm³/mol. The van der Waals surface area contributed by atoms with Crippen LogP contribution < -0.4 is 15.9 Å². The summed E-state index contributed by atoms with van der Waals surface area (Å²) >= 11 is 0. The average molecular weight is 279 g/mol. The first-order valence-corrected chi connectivity index (χ1v) is 6.09. The van der Waals surface area contributed by atoms with Crippen molar-refractivity contribution in [1.29, 1.82) is 0 Å². The zero-order valence-electron chi connectivity index (χ0n) is 11.2. The van der Waals surface area contributed by atoms with Crippen molar-refractivity contribution >= 4 is 18.2 Å². The van der Waals surface area contributed by atoms with Gasteiger partial charge in [0.05, 0.1) is 25.8 Å². The molecule has 0 saturated carbocycles. The molecule has 1 rings (SSSR count). The molecule has 0 saturated heterocycles. The van der Waals surface area contributed by atoms with Gasteiger partial charge >= 0.3 is 12.0 Å². The Morgan fingerprint density at radius 1 is 1.35 bits per heavy atom. The molecular formula is C13H17N3O4. The Bertz CT molecular complexity index is 471. The second-order valence-electron chi connectivity index (χ2n) is 3.71. The zero-order chi connectivity index (χ0) is 14.8. The van der Waals surface area contributed by atoms with Gasteiger partial charge in [-0.3, -0.25) is 4.79 Å². The molecule has 0 bridgehead atoms. The van der Waals surface area contributed by atoms with E-state index in [4.69, 9.17) is 15.2 Å². The van der Waals surface area contributed by atoms with Crippen LogP contribution in [0.2, 0.25) is 0 Å². The Labute approximate surface area is 116 Å². The van der Waals surface area contributed by atoms with Crippen LogP contribution in [0.25, 0.3) is 0 Å². The highest BCUT2D eigenvalue weighted by Gasteiger charge is 2.01. The molecule has 2 amide bonds.